The van der Waals surface area contributed by atoms with Gasteiger partial charge in [-0.1, -0.05) is 43.4 Å². The second-order valence-corrected chi connectivity index (χ2v) is 9.61. The Bertz CT molecular complexity index is 561. The summed E-state index contributed by atoms with van der Waals surface area (Å²) in [6.45, 7) is 6.68. The number of hydrogen-bond acceptors (Lipinski definition) is 0. The monoisotopic (exact) mass is 242 g/mol. The summed E-state index contributed by atoms with van der Waals surface area (Å²) >= 11 is 0. The van der Waals surface area contributed by atoms with Crippen LogP contribution in [0.25, 0.3) is 11.1 Å². The summed E-state index contributed by atoms with van der Waals surface area (Å²) in [4.78, 5) is 0. The van der Waals surface area contributed by atoms with E-state index in [2.05, 4.69) is 44.3 Å². The standard InChI is InChI=1S/C15H15FSi/c1-10-6-4-8-12-14(10)15-11(16)7-5-9-13(15)17(12,2)3/h4-9H,1-3H3. The lowest BCUT2D eigenvalue weighted by molar-refractivity contribution is 0.632. The van der Waals surface area contributed by atoms with Crippen LogP contribution in [0.1, 0.15) is 5.56 Å². The first kappa shape index (κ1) is 10.7. The van der Waals surface area contributed by atoms with Crippen LogP contribution >= 0.6 is 0 Å². The van der Waals surface area contributed by atoms with Crippen LogP contribution in [-0.2, 0) is 0 Å². The van der Waals surface area contributed by atoms with Crippen molar-refractivity contribution in [1.82, 2.24) is 0 Å². The molecule has 0 atom stereocenters. The number of benzene rings is 2. The van der Waals surface area contributed by atoms with Gasteiger partial charge in [-0.15, -0.1) is 0 Å². The number of halogens is 1. The van der Waals surface area contributed by atoms with E-state index in [9.17, 15) is 4.39 Å². The molecule has 0 spiro atoms. The third kappa shape index (κ3) is 1.27. The highest BCUT2D eigenvalue weighted by molar-refractivity contribution is 7.03. The van der Waals surface area contributed by atoms with Gasteiger partial charge in [0.2, 0.25) is 0 Å². The fraction of sp³-hybridized carbons (Fsp3) is 0.200. The molecule has 2 aromatic carbocycles. The van der Waals surface area contributed by atoms with Crippen molar-refractivity contribution < 1.29 is 4.39 Å². The highest BCUT2D eigenvalue weighted by atomic mass is 28.3. The highest BCUT2D eigenvalue weighted by Gasteiger charge is 2.39. The van der Waals surface area contributed by atoms with Crippen LogP contribution in [0.2, 0.25) is 13.1 Å². The van der Waals surface area contributed by atoms with E-state index in [1.54, 1.807) is 6.07 Å². The number of rotatable bonds is 0. The molecule has 1 heterocycles. The molecule has 3 rings (SSSR count). The van der Waals surface area contributed by atoms with Crippen molar-refractivity contribution in [3.63, 3.8) is 0 Å². The molecule has 0 nitrogen and oxygen atoms in total. The molecular weight excluding hydrogens is 227 g/mol. The van der Waals surface area contributed by atoms with Crippen LogP contribution in [0.15, 0.2) is 36.4 Å². The quantitative estimate of drug-likeness (QED) is 0.623. The second-order valence-electron chi connectivity index (χ2n) is 5.28. The maximum atomic E-state index is 14.1. The first-order chi connectivity index (χ1) is 8.03. The number of hydrogen-bond donors (Lipinski definition) is 0. The maximum Gasteiger partial charge on any atom is 0.130 e. The van der Waals surface area contributed by atoms with Crippen molar-refractivity contribution in [3.8, 4) is 11.1 Å². The molecular formula is C15H15FSi. The molecule has 0 unspecified atom stereocenters. The largest absolute Gasteiger partial charge is 0.206 e. The Hall–Kier alpha value is -1.41. The Morgan fingerprint density at radius 2 is 1.47 bits per heavy atom. The molecule has 0 bridgehead atoms. The van der Waals surface area contributed by atoms with Gasteiger partial charge in [0.15, 0.2) is 0 Å². The van der Waals surface area contributed by atoms with Crippen molar-refractivity contribution in [2.24, 2.45) is 0 Å². The molecule has 0 fully saturated rings. The van der Waals surface area contributed by atoms with E-state index in [0.717, 1.165) is 11.1 Å². The van der Waals surface area contributed by atoms with E-state index in [1.165, 1.54) is 15.9 Å². The average molecular weight is 242 g/mol. The fourth-order valence-corrected chi connectivity index (χ4v) is 6.10. The van der Waals surface area contributed by atoms with E-state index in [0.29, 0.717) is 0 Å². The zero-order valence-electron chi connectivity index (χ0n) is 10.3. The van der Waals surface area contributed by atoms with Crippen LogP contribution < -0.4 is 10.4 Å². The summed E-state index contributed by atoms with van der Waals surface area (Å²) in [6.07, 6.45) is 0. The number of fused-ring (bicyclic) bond motifs is 3. The van der Waals surface area contributed by atoms with Crippen LogP contribution in [0, 0.1) is 12.7 Å². The lowest BCUT2D eigenvalue weighted by atomic mass is 10.0. The molecule has 0 N–H and O–H groups in total. The van der Waals surface area contributed by atoms with Gasteiger partial charge in [-0.25, -0.2) is 4.39 Å². The molecule has 0 amide bonds. The van der Waals surface area contributed by atoms with Crippen LogP contribution in [-0.4, -0.2) is 8.07 Å². The molecule has 17 heavy (non-hydrogen) atoms. The molecule has 0 aromatic heterocycles. The summed E-state index contributed by atoms with van der Waals surface area (Å²) in [5, 5.41) is 2.61. The molecule has 1 aliphatic heterocycles. The van der Waals surface area contributed by atoms with Crippen molar-refractivity contribution in [3.05, 3.63) is 47.8 Å². The van der Waals surface area contributed by atoms with Gasteiger partial charge in [0, 0.05) is 5.56 Å². The molecule has 0 radical (unpaired) electrons. The second kappa shape index (κ2) is 3.30. The fourth-order valence-electron chi connectivity index (χ4n) is 2.96. The Balaban J connectivity index is 2.49. The van der Waals surface area contributed by atoms with Gasteiger partial charge in [0.25, 0.3) is 0 Å². The Labute approximate surface area is 102 Å². The van der Waals surface area contributed by atoms with E-state index in [4.69, 9.17) is 0 Å². The summed E-state index contributed by atoms with van der Waals surface area (Å²) in [6, 6.07) is 11.9. The van der Waals surface area contributed by atoms with E-state index >= 15 is 0 Å². The summed E-state index contributed by atoms with van der Waals surface area (Å²) in [5.41, 5.74) is 3.20. The molecule has 0 aliphatic carbocycles. The predicted molar refractivity (Wildman–Crippen MR) is 73.3 cm³/mol. The predicted octanol–water partition coefficient (Wildman–Crippen LogP) is 2.94. The topological polar surface area (TPSA) is 0 Å². The van der Waals surface area contributed by atoms with Crippen molar-refractivity contribution in [1.29, 1.82) is 0 Å². The Morgan fingerprint density at radius 1 is 0.882 bits per heavy atom. The summed E-state index contributed by atoms with van der Waals surface area (Å²) in [5.74, 6) is -0.0730. The third-order valence-electron chi connectivity index (χ3n) is 3.88. The molecule has 1 aliphatic rings. The zero-order chi connectivity index (χ0) is 12.2. The lowest BCUT2D eigenvalue weighted by Gasteiger charge is -2.18. The van der Waals surface area contributed by atoms with E-state index in [-0.39, 0.29) is 5.82 Å². The molecule has 2 aromatic rings. The summed E-state index contributed by atoms with van der Waals surface area (Å²) in [7, 11) is -1.68. The maximum absolute atomic E-state index is 14.1. The van der Waals surface area contributed by atoms with E-state index in [1.807, 2.05) is 6.07 Å². The van der Waals surface area contributed by atoms with Gasteiger partial charge in [-0.05, 0) is 34.5 Å². The first-order valence-corrected chi connectivity index (χ1v) is 8.93. The van der Waals surface area contributed by atoms with E-state index < -0.39 is 8.07 Å². The first-order valence-electron chi connectivity index (χ1n) is 5.93. The van der Waals surface area contributed by atoms with Gasteiger partial charge in [-0.3, -0.25) is 0 Å². The SMILES string of the molecule is Cc1cccc2c1-c1c(F)cccc1[Si]2(C)C. The average Bonchev–Trinajstić information content (AvgIpc) is 2.52. The smallest absolute Gasteiger partial charge is 0.130 e. The molecule has 2 heteroatoms. The number of aryl methyl sites for hydroxylation is 1. The van der Waals surface area contributed by atoms with Crippen LogP contribution in [0.3, 0.4) is 0 Å². The van der Waals surface area contributed by atoms with Crippen molar-refractivity contribution >= 4 is 18.4 Å². The highest BCUT2D eigenvalue weighted by Crippen LogP contribution is 2.32. The van der Waals surface area contributed by atoms with Gasteiger partial charge >= 0.3 is 0 Å². The van der Waals surface area contributed by atoms with Gasteiger partial charge < -0.3 is 0 Å². The normalized spacial score (nSPS) is 15.5. The minimum atomic E-state index is -1.68. The molecule has 86 valence electrons. The Morgan fingerprint density at radius 3 is 2.18 bits per heavy atom. The minimum absolute atomic E-state index is 0.0730. The third-order valence-corrected chi connectivity index (χ3v) is 7.41. The van der Waals surface area contributed by atoms with Gasteiger partial charge in [-0.2, -0.15) is 0 Å². The minimum Gasteiger partial charge on any atom is -0.206 e. The summed E-state index contributed by atoms with van der Waals surface area (Å²) < 4.78 is 14.1. The van der Waals surface area contributed by atoms with Crippen LogP contribution in [0.5, 0.6) is 0 Å². The lowest BCUT2D eigenvalue weighted by Crippen LogP contribution is -2.49. The Kier molecular flexibility index (Phi) is 2.08. The van der Waals surface area contributed by atoms with Crippen molar-refractivity contribution in [2.45, 2.75) is 20.0 Å². The van der Waals surface area contributed by atoms with Gasteiger partial charge in [0.05, 0.1) is 0 Å². The van der Waals surface area contributed by atoms with Crippen LogP contribution in [0.4, 0.5) is 4.39 Å². The molecule has 0 saturated heterocycles. The van der Waals surface area contributed by atoms with Crippen molar-refractivity contribution in [2.75, 3.05) is 0 Å². The zero-order valence-corrected chi connectivity index (χ0v) is 11.3. The van der Waals surface area contributed by atoms with Gasteiger partial charge in [0.1, 0.15) is 13.9 Å². The molecule has 0 saturated carbocycles.